The molecular weight excluding hydrogens is 364 g/mol. The first-order valence-electron chi connectivity index (χ1n) is 8.22. The number of benzene rings is 1. The SMILES string of the molecule is CC(C)NS(=O)(=O)c1ccc(C(=O)NCCN2CCNCC2)cc1.Cl. The van der Waals surface area contributed by atoms with Gasteiger partial charge in [0.1, 0.15) is 0 Å². The Bertz CT molecular complexity index is 644. The van der Waals surface area contributed by atoms with Crippen LogP contribution in [0.2, 0.25) is 0 Å². The molecule has 0 aliphatic carbocycles. The van der Waals surface area contributed by atoms with Crippen LogP contribution in [0, 0.1) is 0 Å². The minimum Gasteiger partial charge on any atom is -0.351 e. The molecular formula is C16H27ClN4O3S. The van der Waals surface area contributed by atoms with Crippen molar-refractivity contribution in [3.05, 3.63) is 29.8 Å². The molecule has 1 aromatic carbocycles. The molecule has 0 spiro atoms. The molecule has 0 saturated carbocycles. The quantitative estimate of drug-likeness (QED) is 0.628. The van der Waals surface area contributed by atoms with Crippen LogP contribution in [-0.2, 0) is 10.0 Å². The molecule has 0 atom stereocenters. The molecule has 0 bridgehead atoms. The van der Waals surface area contributed by atoms with Crippen molar-refractivity contribution in [1.82, 2.24) is 20.3 Å². The number of carbonyl (C=O) groups is 1. The van der Waals surface area contributed by atoms with Crippen LogP contribution in [0.15, 0.2) is 29.2 Å². The molecule has 142 valence electrons. The summed E-state index contributed by atoms with van der Waals surface area (Å²) >= 11 is 0. The fourth-order valence-electron chi connectivity index (χ4n) is 2.53. The van der Waals surface area contributed by atoms with Crippen LogP contribution >= 0.6 is 12.4 Å². The minimum atomic E-state index is -3.53. The first-order chi connectivity index (χ1) is 11.4. The maximum absolute atomic E-state index is 12.1. The number of halogens is 1. The molecule has 25 heavy (non-hydrogen) atoms. The second-order valence-electron chi connectivity index (χ2n) is 6.15. The third-order valence-electron chi connectivity index (χ3n) is 3.74. The summed E-state index contributed by atoms with van der Waals surface area (Å²) in [6.45, 7) is 8.86. The van der Waals surface area contributed by atoms with Crippen molar-refractivity contribution in [1.29, 1.82) is 0 Å². The van der Waals surface area contributed by atoms with Crippen LogP contribution in [0.4, 0.5) is 0 Å². The van der Waals surface area contributed by atoms with Crippen LogP contribution in [0.25, 0.3) is 0 Å². The average molecular weight is 391 g/mol. The van der Waals surface area contributed by atoms with Crippen LogP contribution in [-0.4, -0.2) is 64.5 Å². The zero-order valence-corrected chi connectivity index (χ0v) is 16.3. The van der Waals surface area contributed by atoms with E-state index in [-0.39, 0.29) is 29.3 Å². The Hall–Kier alpha value is -1.19. The van der Waals surface area contributed by atoms with E-state index in [1.165, 1.54) is 24.3 Å². The predicted molar refractivity (Wildman–Crippen MR) is 101 cm³/mol. The van der Waals surface area contributed by atoms with Crippen molar-refractivity contribution in [3.8, 4) is 0 Å². The summed E-state index contributed by atoms with van der Waals surface area (Å²) in [6.07, 6.45) is 0. The number of hydrogen-bond acceptors (Lipinski definition) is 5. The normalized spacial score (nSPS) is 15.6. The molecule has 7 nitrogen and oxygen atoms in total. The maximum Gasteiger partial charge on any atom is 0.251 e. The highest BCUT2D eigenvalue weighted by atomic mass is 35.5. The fraction of sp³-hybridized carbons (Fsp3) is 0.562. The molecule has 9 heteroatoms. The van der Waals surface area contributed by atoms with Crippen LogP contribution < -0.4 is 15.4 Å². The van der Waals surface area contributed by atoms with Crippen molar-refractivity contribution in [2.24, 2.45) is 0 Å². The molecule has 1 aliphatic heterocycles. The largest absolute Gasteiger partial charge is 0.351 e. The lowest BCUT2D eigenvalue weighted by Crippen LogP contribution is -2.46. The van der Waals surface area contributed by atoms with Crippen molar-refractivity contribution in [2.75, 3.05) is 39.3 Å². The number of nitrogens with one attached hydrogen (secondary N) is 3. The molecule has 3 N–H and O–H groups in total. The summed E-state index contributed by atoms with van der Waals surface area (Å²) in [5, 5.41) is 6.16. The van der Waals surface area contributed by atoms with Crippen LogP contribution in [0.3, 0.4) is 0 Å². The van der Waals surface area contributed by atoms with Gasteiger partial charge in [-0.3, -0.25) is 9.69 Å². The lowest BCUT2D eigenvalue weighted by molar-refractivity contribution is 0.0947. The van der Waals surface area contributed by atoms with Gasteiger partial charge in [-0.1, -0.05) is 0 Å². The van der Waals surface area contributed by atoms with Crippen molar-refractivity contribution < 1.29 is 13.2 Å². The summed E-state index contributed by atoms with van der Waals surface area (Å²) in [5.74, 6) is -0.189. The zero-order valence-electron chi connectivity index (χ0n) is 14.6. The predicted octanol–water partition coefficient (Wildman–Crippen LogP) is 0.430. The lowest BCUT2D eigenvalue weighted by atomic mass is 10.2. The number of amides is 1. The van der Waals surface area contributed by atoms with E-state index in [4.69, 9.17) is 0 Å². The third-order valence-corrected chi connectivity index (χ3v) is 5.42. The van der Waals surface area contributed by atoms with Gasteiger partial charge in [0, 0.05) is 50.9 Å². The summed E-state index contributed by atoms with van der Waals surface area (Å²) in [4.78, 5) is 14.6. The number of hydrogen-bond donors (Lipinski definition) is 3. The minimum absolute atomic E-state index is 0. The molecule has 1 fully saturated rings. The second kappa shape index (κ2) is 10.1. The van der Waals surface area contributed by atoms with Gasteiger partial charge in [-0.25, -0.2) is 13.1 Å². The fourth-order valence-corrected chi connectivity index (χ4v) is 3.78. The second-order valence-corrected chi connectivity index (χ2v) is 7.86. The van der Waals surface area contributed by atoms with Crippen LogP contribution in [0.1, 0.15) is 24.2 Å². The molecule has 0 radical (unpaired) electrons. The summed E-state index contributed by atoms with van der Waals surface area (Å²) in [5.41, 5.74) is 0.457. The van der Waals surface area contributed by atoms with Crippen molar-refractivity contribution in [3.63, 3.8) is 0 Å². The molecule has 1 aliphatic rings. The topological polar surface area (TPSA) is 90.5 Å². The molecule has 1 saturated heterocycles. The summed E-state index contributed by atoms with van der Waals surface area (Å²) in [6, 6.07) is 5.80. The summed E-state index contributed by atoms with van der Waals surface area (Å²) in [7, 11) is -3.53. The van der Waals surface area contributed by atoms with Gasteiger partial charge in [-0.05, 0) is 38.1 Å². The van der Waals surface area contributed by atoms with E-state index < -0.39 is 10.0 Å². The van der Waals surface area contributed by atoms with E-state index in [1.54, 1.807) is 13.8 Å². The highest BCUT2D eigenvalue weighted by Crippen LogP contribution is 2.11. The lowest BCUT2D eigenvalue weighted by Gasteiger charge is -2.27. The van der Waals surface area contributed by atoms with Crippen molar-refractivity contribution in [2.45, 2.75) is 24.8 Å². The number of piperazine rings is 1. The van der Waals surface area contributed by atoms with Crippen molar-refractivity contribution >= 4 is 28.3 Å². The van der Waals surface area contributed by atoms with Gasteiger partial charge in [0.15, 0.2) is 0 Å². The molecule has 0 aromatic heterocycles. The standard InChI is InChI=1S/C16H26N4O3S.ClH/c1-13(2)19-24(22,23)15-5-3-14(4-6-15)16(21)18-9-12-20-10-7-17-8-11-20;/h3-6,13,17,19H,7-12H2,1-2H3,(H,18,21);1H. The Labute approximate surface area is 156 Å². The summed E-state index contributed by atoms with van der Waals surface area (Å²) < 4.78 is 26.6. The average Bonchev–Trinajstić information content (AvgIpc) is 2.55. The van der Waals surface area contributed by atoms with Gasteiger partial charge >= 0.3 is 0 Å². The van der Waals surface area contributed by atoms with E-state index in [2.05, 4.69) is 20.3 Å². The Morgan fingerprint density at radius 2 is 1.80 bits per heavy atom. The van der Waals surface area contributed by atoms with E-state index in [0.29, 0.717) is 12.1 Å². The zero-order chi connectivity index (χ0) is 17.6. The molecule has 0 unspecified atom stereocenters. The van der Waals surface area contributed by atoms with Crippen LogP contribution in [0.5, 0.6) is 0 Å². The van der Waals surface area contributed by atoms with Gasteiger partial charge in [0.2, 0.25) is 10.0 Å². The van der Waals surface area contributed by atoms with Gasteiger partial charge < -0.3 is 10.6 Å². The Balaban J connectivity index is 0.00000312. The van der Waals surface area contributed by atoms with Gasteiger partial charge in [0.05, 0.1) is 4.90 Å². The molecule has 1 aromatic rings. The number of nitrogens with zero attached hydrogens (tertiary/aromatic N) is 1. The molecule has 1 amide bonds. The number of rotatable bonds is 7. The monoisotopic (exact) mass is 390 g/mol. The molecule has 1 heterocycles. The van der Waals surface area contributed by atoms with E-state index in [0.717, 1.165) is 32.7 Å². The number of carbonyl (C=O) groups excluding carboxylic acids is 1. The first kappa shape index (κ1) is 21.9. The van der Waals surface area contributed by atoms with Gasteiger partial charge in [-0.2, -0.15) is 0 Å². The van der Waals surface area contributed by atoms with E-state index in [1.807, 2.05) is 0 Å². The maximum atomic E-state index is 12.1. The Kier molecular flexibility index (Phi) is 8.81. The third kappa shape index (κ3) is 6.91. The molecule has 2 rings (SSSR count). The van der Waals surface area contributed by atoms with E-state index >= 15 is 0 Å². The number of sulfonamides is 1. The Morgan fingerprint density at radius 3 is 2.36 bits per heavy atom. The Morgan fingerprint density at radius 1 is 1.20 bits per heavy atom. The highest BCUT2D eigenvalue weighted by Gasteiger charge is 2.16. The van der Waals surface area contributed by atoms with Gasteiger partial charge in [-0.15, -0.1) is 12.4 Å². The first-order valence-corrected chi connectivity index (χ1v) is 9.70. The van der Waals surface area contributed by atoms with Gasteiger partial charge in [0.25, 0.3) is 5.91 Å². The highest BCUT2D eigenvalue weighted by molar-refractivity contribution is 7.89. The smallest absolute Gasteiger partial charge is 0.251 e. The van der Waals surface area contributed by atoms with E-state index in [9.17, 15) is 13.2 Å².